The maximum Gasteiger partial charge on any atom is 0.252 e. The van der Waals surface area contributed by atoms with Crippen molar-refractivity contribution in [2.24, 2.45) is 5.73 Å². The van der Waals surface area contributed by atoms with Gasteiger partial charge < -0.3 is 10.3 Å². The van der Waals surface area contributed by atoms with Gasteiger partial charge in [0.05, 0.1) is 15.5 Å². The number of nitrogens with one attached hydrogen (secondary N) is 2. The predicted molar refractivity (Wildman–Crippen MR) is 90.2 cm³/mol. The number of nitrogens with zero attached hydrogens (tertiary/aromatic N) is 1. The van der Waals surface area contributed by atoms with Crippen molar-refractivity contribution in [1.82, 2.24) is 9.29 Å². The molecule has 0 bridgehead atoms. The first-order valence-electron chi connectivity index (χ1n) is 7.12. The number of halogens is 2. The minimum Gasteiger partial charge on any atom is -0.365 e. The summed E-state index contributed by atoms with van der Waals surface area (Å²) in [6, 6.07) is 4.63. The molecule has 0 aliphatic carbocycles. The van der Waals surface area contributed by atoms with Crippen molar-refractivity contribution in [3.8, 4) is 0 Å². The van der Waals surface area contributed by atoms with E-state index in [9.17, 15) is 17.6 Å². The van der Waals surface area contributed by atoms with E-state index in [1.165, 1.54) is 29.9 Å². The number of primary amides is 1. The molecule has 1 heterocycles. The molecule has 0 aliphatic heterocycles. The predicted octanol–water partition coefficient (Wildman–Crippen LogP) is 1.01. The van der Waals surface area contributed by atoms with E-state index in [-0.39, 0.29) is 39.5 Å². The Morgan fingerprint density at radius 2 is 2.08 bits per heavy atom. The SMILES string of the molecule is CNS(=O)(=O)c1ccc(F)cc1CCn1cc(Cl)cc(C(N)=O)c1=N. The van der Waals surface area contributed by atoms with Crippen LogP contribution in [-0.2, 0) is 23.0 Å². The lowest BCUT2D eigenvalue weighted by Crippen LogP contribution is -2.30. The van der Waals surface area contributed by atoms with E-state index >= 15 is 0 Å². The summed E-state index contributed by atoms with van der Waals surface area (Å²) in [4.78, 5) is 11.3. The zero-order chi connectivity index (χ0) is 18.8. The van der Waals surface area contributed by atoms with E-state index in [4.69, 9.17) is 22.7 Å². The number of rotatable bonds is 6. The summed E-state index contributed by atoms with van der Waals surface area (Å²) in [6.45, 7) is 0.107. The molecule has 0 saturated carbocycles. The number of amides is 1. The lowest BCUT2D eigenvalue weighted by atomic mass is 10.1. The Labute approximate surface area is 148 Å². The van der Waals surface area contributed by atoms with Gasteiger partial charge in [-0.3, -0.25) is 10.2 Å². The van der Waals surface area contributed by atoms with Crippen LogP contribution in [0.15, 0.2) is 35.4 Å². The lowest BCUT2D eigenvalue weighted by Gasteiger charge is -2.13. The number of aryl methyl sites for hydroxylation is 2. The van der Waals surface area contributed by atoms with Gasteiger partial charge in [-0.25, -0.2) is 17.5 Å². The smallest absolute Gasteiger partial charge is 0.252 e. The molecule has 10 heteroatoms. The number of pyridine rings is 1. The maximum absolute atomic E-state index is 13.5. The normalized spacial score (nSPS) is 11.5. The molecule has 2 rings (SSSR count). The van der Waals surface area contributed by atoms with Crippen molar-refractivity contribution in [3.63, 3.8) is 0 Å². The molecule has 0 aliphatic rings. The number of benzene rings is 1. The highest BCUT2D eigenvalue weighted by Crippen LogP contribution is 2.18. The van der Waals surface area contributed by atoms with Gasteiger partial charge in [-0.05, 0) is 43.3 Å². The van der Waals surface area contributed by atoms with Gasteiger partial charge >= 0.3 is 0 Å². The Morgan fingerprint density at radius 1 is 1.40 bits per heavy atom. The van der Waals surface area contributed by atoms with E-state index in [1.807, 2.05) is 0 Å². The fourth-order valence-corrected chi connectivity index (χ4v) is 3.53. The molecule has 25 heavy (non-hydrogen) atoms. The Hall–Kier alpha value is -2.23. The third kappa shape index (κ3) is 4.25. The molecular formula is C15H16ClFN4O3S. The van der Waals surface area contributed by atoms with Crippen LogP contribution in [0.2, 0.25) is 5.02 Å². The molecule has 134 valence electrons. The minimum absolute atomic E-state index is 0.0549. The third-order valence-electron chi connectivity index (χ3n) is 3.57. The van der Waals surface area contributed by atoms with Gasteiger partial charge in [-0.15, -0.1) is 0 Å². The molecule has 2 aromatic rings. The molecule has 4 N–H and O–H groups in total. The molecule has 7 nitrogen and oxygen atoms in total. The highest BCUT2D eigenvalue weighted by atomic mass is 35.5. The number of sulfonamides is 1. The highest BCUT2D eigenvalue weighted by molar-refractivity contribution is 7.89. The Balaban J connectivity index is 2.42. The van der Waals surface area contributed by atoms with Crippen LogP contribution in [0.5, 0.6) is 0 Å². The molecule has 1 aromatic carbocycles. The second-order valence-corrected chi connectivity index (χ2v) is 7.48. The molecule has 1 amide bonds. The third-order valence-corrected chi connectivity index (χ3v) is 5.29. The van der Waals surface area contributed by atoms with Gasteiger partial charge in [0.25, 0.3) is 5.91 Å². The Morgan fingerprint density at radius 3 is 2.68 bits per heavy atom. The van der Waals surface area contributed by atoms with Gasteiger partial charge in [-0.1, -0.05) is 11.6 Å². The fourth-order valence-electron chi connectivity index (χ4n) is 2.33. The molecule has 1 aromatic heterocycles. The zero-order valence-electron chi connectivity index (χ0n) is 13.2. The molecule has 0 saturated heterocycles. The number of nitrogens with two attached hydrogens (primary N) is 1. The molecular weight excluding hydrogens is 371 g/mol. The fraction of sp³-hybridized carbons (Fsp3) is 0.200. The van der Waals surface area contributed by atoms with Gasteiger partial charge in [0.1, 0.15) is 11.3 Å². The minimum atomic E-state index is -3.76. The largest absolute Gasteiger partial charge is 0.365 e. The first kappa shape index (κ1) is 19.1. The zero-order valence-corrected chi connectivity index (χ0v) is 14.8. The first-order chi connectivity index (χ1) is 11.7. The second kappa shape index (κ2) is 7.34. The standard InChI is InChI=1S/C15H16ClFN4O3S/c1-20-25(23,24)13-3-2-11(17)6-9(13)4-5-21-8-10(16)7-12(14(21)18)15(19)22/h2-3,6-8,18,20H,4-5H2,1H3,(H2,19,22). The van der Waals surface area contributed by atoms with Crippen molar-refractivity contribution in [2.45, 2.75) is 17.9 Å². The van der Waals surface area contributed by atoms with Crippen LogP contribution in [0.1, 0.15) is 15.9 Å². The van der Waals surface area contributed by atoms with E-state index < -0.39 is 21.7 Å². The van der Waals surface area contributed by atoms with Crippen LogP contribution in [0.4, 0.5) is 4.39 Å². The summed E-state index contributed by atoms with van der Waals surface area (Å²) in [5, 5.41) is 8.19. The number of carbonyl (C=O) groups is 1. The summed E-state index contributed by atoms with van der Waals surface area (Å²) in [5.41, 5.74) is 5.23. The summed E-state index contributed by atoms with van der Waals surface area (Å²) < 4.78 is 41.2. The summed E-state index contributed by atoms with van der Waals surface area (Å²) in [7, 11) is -2.50. The maximum atomic E-state index is 13.5. The van der Waals surface area contributed by atoms with Crippen LogP contribution < -0.4 is 15.9 Å². The number of aromatic nitrogens is 1. The Kier molecular flexibility index (Phi) is 5.61. The second-order valence-electron chi connectivity index (χ2n) is 5.19. The van der Waals surface area contributed by atoms with Crippen molar-refractivity contribution in [3.05, 3.63) is 57.9 Å². The van der Waals surface area contributed by atoms with E-state index in [2.05, 4.69) is 4.72 Å². The molecule has 0 atom stereocenters. The van der Waals surface area contributed by atoms with Crippen LogP contribution in [0.25, 0.3) is 0 Å². The van der Waals surface area contributed by atoms with Crippen molar-refractivity contribution in [2.75, 3.05) is 7.05 Å². The average Bonchev–Trinajstić information content (AvgIpc) is 2.54. The van der Waals surface area contributed by atoms with E-state index in [1.54, 1.807) is 0 Å². The van der Waals surface area contributed by atoms with Gasteiger partial charge in [0.2, 0.25) is 10.0 Å². The van der Waals surface area contributed by atoms with Crippen LogP contribution in [0.3, 0.4) is 0 Å². The molecule has 0 spiro atoms. The highest BCUT2D eigenvalue weighted by Gasteiger charge is 2.17. The van der Waals surface area contributed by atoms with Crippen LogP contribution in [-0.4, -0.2) is 25.9 Å². The van der Waals surface area contributed by atoms with E-state index in [0.717, 1.165) is 12.1 Å². The van der Waals surface area contributed by atoms with Crippen molar-refractivity contribution < 1.29 is 17.6 Å². The summed E-state index contributed by atoms with van der Waals surface area (Å²) in [6.07, 6.45) is 1.52. The Bertz CT molecular complexity index is 989. The van der Waals surface area contributed by atoms with Gasteiger partial charge in [-0.2, -0.15) is 0 Å². The first-order valence-corrected chi connectivity index (χ1v) is 8.98. The number of carbonyl (C=O) groups excluding carboxylic acids is 1. The average molecular weight is 387 g/mol. The van der Waals surface area contributed by atoms with Crippen LogP contribution in [0, 0.1) is 11.2 Å². The monoisotopic (exact) mass is 386 g/mol. The molecule has 0 unspecified atom stereocenters. The van der Waals surface area contributed by atoms with Gasteiger partial charge in [0, 0.05) is 12.7 Å². The molecule has 0 fully saturated rings. The van der Waals surface area contributed by atoms with Gasteiger partial charge in [0.15, 0.2) is 0 Å². The van der Waals surface area contributed by atoms with Crippen LogP contribution >= 0.6 is 11.6 Å². The topological polar surface area (TPSA) is 118 Å². The molecule has 0 radical (unpaired) electrons. The quantitative estimate of drug-likeness (QED) is 0.687. The number of hydrogen-bond donors (Lipinski definition) is 3. The van der Waals surface area contributed by atoms with E-state index in [0.29, 0.717) is 0 Å². The number of hydrogen-bond acceptors (Lipinski definition) is 4. The van der Waals surface area contributed by atoms with Crippen molar-refractivity contribution in [1.29, 1.82) is 5.41 Å². The lowest BCUT2D eigenvalue weighted by molar-refractivity contribution is 0.0997. The van der Waals surface area contributed by atoms with Crippen molar-refractivity contribution >= 4 is 27.5 Å². The summed E-state index contributed by atoms with van der Waals surface area (Å²) in [5.74, 6) is -1.38. The summed E-state index contributed by atoms with van der Waals surface area (Å²) >= 11 is 5.92.